The van der Waals surface area contributed by atoms with E-state index in [9.17, 15) is 4.79 Å². The van der Waals surface area contributed by atoms with E-state index in [4.69, 9.17) is 10.5 Å². The van der Waals surface area contributed by atoms with E-state index >= 15 is 0 Å². The van der Waals surface area contributed by atoms with Crippen molar-refractivity contribution in [2.45, 2.75) is 38.2 Å². The van der Waals surface area contributed by atoms with E-state index in [0.717, 1.165) is 12.8 Å². The third-order valence-corrected chi connectivity index (χ3v) is 3.27. The van der Waals surface area contributed by atoms with Crippen LogP contribution < -0.4 is 5.73 Å². The van der Waals surface area contributed by atoms with Crippen molar-refractivity contribution in [3.05, 3.63) is 0 Å². The molecule has 1 atom stereocenters. The second-order valence-electron chi connectivity index (χ2n) is 3.96. The van der Waals surface area contributed by atoms with Gasteiger partial charge in [0.15, 0.2) is 0 Å². The fourth-order valence-electron chi connectivity index (χ4n) is 2.60. The van der Waals surface area contributed by atoms with Gasteiger partial charge in [-0.15, -0.1) is 0 Å². The molecule has 2 rings (SSSR count). The maximum Gasteiger partial charge on any atom is 0.306 e. The molecular weight excluding hydrogens is 154 g/mol. The number of esters is 1. The van der Waals surface area contributed by atoms with Crippen LogP contribution in [0.4, 0.5) is 0 Å². The van der Waals surface area contributed by atoms with Crippen LogP contribution in [0.2, 0.25) is 0 Å². The molecule has 1 unspecified atom stereocenters. The number of hydrogen-bond donors (Lipinski definition) is 1. The van der Waals surface area contributed by atoms with E-state index in [2.05, 4.69) is 0 Å². The molecule has 3 heteroatoms. The molecule has 1 aliphatic carbocycles. The van der Waals surface area contributed by atoms with Gasteiger partial charge in [0.05, 0.1) is 6.42 Å². The SMILES string of the molecule is NCC1OC(=O)CC12CCCC2. The van der Waals surface area contributed by atoms with Gasteiger partial charge < -0.3 is 10.5 Å². The van der Waals surface area contributed by atoms with E-state index in [-0.39, 0.29) is 17.5 Å². The summed E-state index contributed by atoms with van der Waals surface area (Å²) in [5.74, 6) is -0.0487. The van der Waals surface area contributed by atoms with Gasteiger partial charge >= 0.3 is 5.97 Å². The van der Waals surface area contributed by atoms with Crippen LogP contribution >= 0.6 is 0 Å². The largest absolute Gasteiger partial charge is 0.460 e. The first kappa shape index (κ1) is 8.05. The molecule has 0 radical (unpaired) electrons. The predicted molar refractivity (Wildman–Crippen MR) is 44.5 cm³/mol. The van der Waals surface area contributed by atoms with E-state index in [1.54, 1.807) is 0 Å². The second kappa shape index (κ2) is 2.73. The molecule has 1 saturated carbocycles. The lowest BCUT2D eigenvalue weighted by atomic mass is 9.79. The summed E-state index contributed by atoms with van der Waals surface area (Å²) in [6.45, 7) is 0.492. The Hall–Kier alpha value is -0.570. The highest BCUT2D eigenvalue weighted by Gasteiger charge is 2.49. The second-order valence-corrected chi connectivity index (χ2v) is 3.96. The maximum absolute atomic E-state index is 11.1. The van der Waals surface area contributed by atoms with Crippen molar-refractivity contribution in [1.29, 1.82) is 0 Å². The zero-order chi connectivity index (χ0) is 8.60. The smallest absolute Gasteiger partial charge is 0.306 e. The minimum absolute atomic E-state index is 0.00694. The van der Waals surface area contributed by atoms with Crippen molar-refractivity contribution in [1.82, 2.24) is 0 Å². The van der Waals surface area contributed by atoms with Gasteiger partial charge in [0.2, 0.25) is 0 Å². The first-order chi connectivity index (χ1) is 5.77. The highest BCUT2D eigenvalue weighted by Crippen LogP contribution is 2.48. The Balaban J connectivity index is 2.16. The number of nitrogens with two attached hydrogens (primary N) is 1. The van der Waals surface area contributed by atoms with Crippen molar-refractivity contribution >= 4 is 5.97 Å². The molecule has 0 aromatic heterocycles. The topological polar surface area (TPSA) is 52.3 Å². The normalized spacial score (nSPS) is 32.8. The van der Waals surface area contributed by atoms with Crippen LogP contribution in [0.25, 0.3) is 0 Å². The summed E-state index contributed by atoms with van der Waals surface area (Å²) in [6, 6.07) is 0. The summed E-state index contributed by atoms with van der Waals surface area (Å²) in [4.78, 5) is 11.1. The standard InChI is InChI=1S/C9H15NO2/c10-6-7-9(3-1-2-4-9)5-8(11)12-7/h7H,1-6,10H2. The first-order valence-electron chi connectivity index (χ1n) is 4.66. The molecule has 0 amide bonds. The van der Waals surface area contributed by atoms with Crippen LogP contribution in [0.15, 0.2) is 0 Å². The Kier molecular flexibility index (Phi) is 1.83. The minimum Gasteiger partial charge on any atom is -0.460 e. The molecule has 0 aromatic carbocycles. The summed E-state index contributed by atoms with van der Waals surface area (Å²) < 4.78 is 5.18. The van der Waals surface area contributed by atoms with E-state index in [0.29, 0.717) is 13.0 Å². The molecule has 0 aromatic rings. The molecule has 68 valence electrons. The quantitative estimate of drug-likeness (QED) is 0.591. The van der Waals surface area contributed by atoms with E-state index in [1.807, 2.05) is 0 Å². The summed E-state index contributed by atoms with van der Waals surface area (Å²) in [7, 11) is 0. The van der Waals surface area contributed by atoms with Crippen LogP contribution in [0, 0.1) is 5.41 Å². The maximum atomic E-state index is 11.1. The van der Waals surface area contributed by atoms with Crippen molar-refractivity contribution in [3.63, 3.8) is 0 Å². The van der Waals surface area contributed by atoms with Gasteiger partial charge in [-0.3, -0.25) is 4.79 Å². The molecular formula is C9H15NO2. The third-order valence-electron chi connectivity index (χ3n) is 3.27. The van der Waals surface area contributed by atoms with Crippen LogP contribution in [0.3, 0.4) is 0 Å². The third kappa shape index (κ3) is 1.04. The molecule has 2 N–H and O–H groups in total. The number of carbonyl (C=O) groups is 1. The Morgan fingerprint density at radius 3 is 2.75 bits per heavy atom. The minimum atomic E-state index is -0.0487. The molecule has 0 bridgehead atoms. The summed E-state index contributed by atoms with van der Waals surface area (Å²) in [5.41, 5.74) is 5.70. The van der Waals surface area contributed by atoms with Gasteiger partial charge in [0.25, 0.3) is 0 Å². The number of cyclic esters (lactones) is 1. The number of rotatable bonds is 1. The molecule has 1 aliphatic heterocycles. The zero-order valence-corrected chi connectivity index (χ0v) is 7.21. The molecule has 1 heterocycles. The van der Waals surface area contributed by atoms with Crippen LogP contribution in [0.1, 0.15) is 32.1 Å². The van der Waals surface area contributed by atoms with Crippen molar-refractivity contribution in [3.8, 4) is 0 Å². The zero-order valence-electron chi connectivity index (χ0n) is 7.21. The fourth-order valence-corrected chi connectivity index (χ4v) is 2.60. The lowest BCUT2D eigenvalue weighted by Crippen LogP contribution is -2.34. The summed E-state index contributed by atoms with van der Waals surface area (Å²) in [6.07, 6.45) is 5.32. The van der Waals surface area contributed by atoms with Gasteiger partial charge in [0.1, 0.15) is 6.10 Å². The molecule has 3 nitrogen and oxygen atoms in total. The average Bonchev–Trinajstić information content (AvgIpc) is 2.60. The van der Waals surface area contributed by atoms with Gasteiger partial charge in [-0.1, -0.05) is 12.8 Å². The van der Waals surface area contributed by atoms with Crippen molar-refractivity contribution < 1.29 is 9.53 Å². The van der Waals surface area contributed by atoms with Crippen LogP contribution in [0.5, 0.6) is 0 Å². The highest BCUT2D eigenvalue weighted by molar-refractivity contribution is 5.73. The molecule has 2 fully saturated rings. The van der Waals surface area contributed by atoms with Gasteiger partial charge in [-0.25, -0.2) is 0 Å². The van der Waals surface area contributed by atoms with Crippen molar-refractivity contribution in [2.75, 3.05) is 6.54 Å². The lowest BCUT2D eigenvalue weighted by Gasteiger charge is -2.26. The van der Waals surface area contributed by atoms with Gasteiger partial charge in [-0.2, -0.15) is 0 Å². The molecule has 1 spiro atoms. The molecule has 12 heavy (non-hydrogen) atoms. The number of hydrogen-bond acceptors (Lipinski definition) is 3. The first-order valence-corrected chi connectivity index (χ1v) is 4.66. The Labute approximate surface area is 72.3 Å². The van der Waals surface area contributed by atoms with E-state index in [1.165, 1.54) is 12.8 Å². The van der Waals surface area contributed by atoms with Crippen LogP contribution in [-0.2, 0) is 9.53 Å². The Morgan fingerprint density at radius 1 is 1.50 bits per heavy atom. The monoisotopic (exact) mass is 169 g/mol. The van der Waals surface area contributed by atoms with Crippen LogP contribution in [-0.4, -0.2) is 18.6 Å². The predicted octanol–water partition coefficient (Wildman–Crippen LogP) is 0.821. The van der Waals surface area contributed by atoms with Crippen molar-refractivity contribution in [2.24, 2.45) is 11.1 Å². The molecule has 1 saturated heterocycles. The number of carbonyl (C=O) groups excluding carboxylic acids is 1. The van der Waals surface area contributed by atoms with Gasteiger partial charge in [0, 0.05) is 12.0 Å². The summed E-state index contributed by atoms with van der Waals surface area (Å²) >= 11 is 0. The number of ether oxygens (including phenoxy) is 1. The Bertz CT molecular complexity index is 197. The highest BCUT2D eigenvalue weighted by atomic mass is 16.6. The summed E-state index contributed by atoms with van der Waals surface area (Å²) in [5, 5.41) is 0. The molecule has 2 aliphatic rings. The van der Waals surface area contributed by atoms with E-state index < -0.39 is 0 Å². The fraction of sp³-hybridized carbons (Fsp3) is 0.889. The van der Waals surface area contributed by atoms with Gasteiger partial charge in [-0.05, 0) is 12.8 Å². The Morgan fingerprint density at radius 2 is 2.17 bits per heavy atom. The average molecular weight is 169 g/mol. The lowest BCUT2D eigenvalue weighted by molar-refractivity contribution is -0.141.